The van der Waals surface area contributed by atoms with Crippen molar-refractivity contribution in [1.82, 2.24) is 9.97 Å². The minimum absolute atomic E-state index is 0.638. The number of hydrogen-bond donors (Lipinski definition) is 0. The number of para-hydroxylation sites is 1. The highest BCUT2D eigenvalue weighted by molar-refractivity contribution is 7.21. The number of hydrogen-bond acceptors (Lipinski definition) is 4. The Hall–Kier alpha value is -3.50. The van der Waals surface area contributed by atoms with Crippen LogP contribution >= 0.6 is 11.3 Å². The van der Waals surface area contributed by atoms with Gasteiger partial charge in [0.2, 0.25) is 5.89 Å². The Kier molecular flexibility index (Phi) is 3.55. The number of benzene rings is 4. The Morgan fingerprint density at radius 1 is 0.828 bits per heavy atom. The lowest BCUT2D eigenvalue weighted by molar-refractivity contribution is 0.621. The normalized spacial score (nSPS) is 11.6. The number of oxazole rings is 1. The van der Waals surface area contributed by atoms with E-state index in [1.165, 1.54) is 10.3 Å². The molecule has 4 aromatic carbocycles. The molecule has 0 fully saturated rings. The molecule has 0 atom stereocenters. The van der Waals surface area contributed by atoms with Crippen LogP contribution in [0.1, 0.15) is 5.56 Å². The third-order valence-corrected chi connectivity index (χ3v) is 6.28. The molecular formula is C25H16N2OS. The molecular weight excluding hydrogens is 376 g/mol. The minimum atomic E-state index is 0.638. The standard InChI is InChI=1S/C25H16N2OS/c1-15-10-12-16(13-11-15)24-27-22-18-7-3-2-6-17(18)14-19(23(22)28-24)25-26-20-8-4-5-9-21(20)29-25/h2-14H,1H3. The number of thiazole rings is 1. The van der Waals surface area contributed by atoms with Crippen LogP contribution in [0.25, 0.3) is 54.1 Å². The topological polar surface area (TPSA) is 38.9 Å². The Labute approximate surface area is 171 Å². The quantitative estimate of drug-likeness (QED) is 0.312. The molecule has 29 heavy (non-hydrogen) atoms. The molecule has 3 nitrogen and oxygen atoms in total. The Bertz CT molecular complexity index is 1480. The van der Waals surface area contributed by atoms with Crippen molar-refractivity contribution in [3.05, 3.63) is 84.4 Å². The molecule has 0 saturated heterocycles. The van der Waals surface area contributed by atoms with Crippen LogP contribution in [0.5, 0.6) is 0 Å². The molecule has 0 N–H and O–H groups in total. The SMILES string of the molecule is Cc1ccc(-c2nc3c(o2)c(-c2nc4ccccc4s2)cc2ccccc23)cc1. The molecule has 6 aromatic rings. The molecule has 0 radical (unpaired) electrons. The van der Waals surface area contributed by atoms with E-state index in [9.17, 15) is 0 Å². The molecule has 2 heterocycles. The molecule has 0 aliphatic heterocycles. The fourth-order valence-electron chi connectivity index (χ4n) is 3.71. The molecule has 0 saturated carbocycles. The average molecular weight is 392 g/mol. The van der Waals surface area contributed by atoms with Crippen molar-refractivity contribution in [3.63, 3.8) is 0 Å². The van der Waals surface area contributed by atoms with Crippen molar-refractivity contribution in [2.45, 2.75) is 6.92 Å². The summed E-state index contributed by atoms with van der Waals surface area (Å²) in [6.07, 6.45) is 0. The van der Waals surface area contributed by atoms with Gasteiger partial charge in [0.25, 0.3) is 0 Å². The second-order valence-corrected chi connectivity index (χ2v) is 8.23. The maximum atomic E-state index is 6.34. The van der Waals surface area contributed by atoms with Crippen LogP contribution in [-0.2, 0) is 0 Å². The van der Waals surface area contributed by atoms with Crippen LogP contribution in [0, 0.1) is 6.92 Å². The first-order chi connectivity index (χ1) is 14.3. The molecule has 0 aliphatic rings. The predicted octanol–water partition coefficient (Wildman–Crippen LogP) is 7.23. The van der Waals surface area contributed by atoms with Gasteiger partial charge < -0.3 is 4.42 Å². The minimum Gasteiger partial charge on any atom is -0.435 e. The van der Waals surface area contributed by atoms with E-state index in [4.69, 9.17) is 14.4 Å². The van der Waals surface area contributed by atoms with E-state index >= 15 is 0 Å². The van der Waals surface area contributed by atoms with Gasteiger partial charge in [0.15, 0.2) is 5.58 Å². The largest absolute Gasteiger partial charge is 0.435 e. The highest BCUT2D eigenvalue weighted by Crippen LogP contribution is 2.40. The molecule has 6 rings (SSSR count). The van der Waals surface area contributed by atoms with Gasteiger partial charge in [-0.25, -0.2) is 9.97 Å². The maximum Gasteiger partial charge on any atom is 0.227 e. The summed E-state index contributed by atoms with van der Waals surface area (Å²) in [5.74, 6) is 0.638. The van der Waals surface area contributed by atoms with Gasteiger partial charge in [-0.1, -0.05) is 54.1 Å². The van der Waals surface area contributed by atoms with E-state index in [0.717, 1.165) is 43.5 Å². The lowest BCUT2D eigenvalue weighted by atomic mass is 10.1. The third-order valence-electron chi connectivity index (χ3n) is 5.21. The fourth-order valence-corrected chi connectivity index (χ4v) is 4.69. The highest BCUT2D eigenvalue weighted by atomic mass is 32.1. The highest BCUT2D eigenvalue weighted by Gasteiger charge is 2.18. The van der Waals surface area contributed by atoms with Crippen molar-refractivity contribution in [3.8, 4) is 22.0 Å². The van der Waals surface area contributed by atoms with Gasteiger partial charge in [0, 0.05) is 10.9 Å². The number of aryl methyl sites for hydroxylation is 1. The van der Waals surface area contributed by atoms with Gasteiger partial charge in [-0.3, -0.25) is 0 Å². The Morgan fingerprint density at radius 3 is 2.48 bits per heavy atom. The summed E-state index contributed by atoms with van der Waals surface area (Å²) in [6, 6.07) is 27.0. The number of nitrogens with zero attached hydrogens (tertiary/aromatic N) is 2. The molecule has 138 valence electrons. The van der Waals surface area contributed by atoms with Gasteiger partial charge >= 0.3 is 0 Å². The summed E-state index contributed by atoms with van der Waals surface area (Å²) >= 11 is 1.68. The van der Waals surface area contributed by atoms with Crippen LogP contribution in [0.2, 0.25) is 0 Å². The van der Waals surface area contributed by atoms with Crippen molar-refractivity contribution in [2.75, 3.05) is 0 Å². The maximum absolute atomic E-state index is 6.34. The van der Waals surface area contributed by atoms with Gasteiger partial charge in [0.1, 0.15) is 10.5 Å². The average Bonchev–Trinajstić information content (AvgIpc) is 3.38. The van der Waals surface area contributed by atoms with Crippen LogP contribution in [0.3, 0.4) is 0 Å². The van der Waals surface area contributed by atoms with Gasteiger partial charge in [-0.2, -0.15) is 0 Å². The number of aromatic nitrogens is 2. The first kappa shape index (κ1) is 16.5. The van der Waals surface area contributed by atoms with Crippen molar-refractivity contribution in [1.29, 1.82) is 0 Å². The van der Waals surface area contributed by atoms with Gasteiger partial charge in [-0.05, 0) is 42.6 Å². The summed E-state index contributed by atoms with van der Waals surface area (Å²) in [5, 5.41) is 3.18. The van der Waals surface area contributed by atoms with Crippen molar-refractivity contribution in [2.24, 2.45) is 0 Å². The number of rotatable bonds is 2. The first-order valence-electron chi connectivity index (χ1n) is 9.51. The molecule has 0 spiro atoms. The van der Waals surface area contributed by atoms with Gasteiger partial charge in [0.05, 0.1) is 15.8 Å². The Morgan fingerprint density at radius 2 is 1.62 bits per heavy atom. The van der Waals surface area contributed by atoms with Crippen molar-refractivity contribution < 1.29 is 4.42 Å². The fraction of sp³-hybridized carbons (Fsp3) is 0.0400. The van der Waals surface area contributed by atoms with Gasteiger partial charge in [-0.15, -0.1) is 11.3 Å². The number of fused-ring (bicyclic) bond motifs is 4. The zero-order chi connectivity index (χ0) is 19.4. The first-order valence-corrected chi connectivity index (χ1v) is 10.3. The van der Waals surface area contributed by atoms with Crippen LogP contribution in [-0.4, -0.2) is 9.97 Å². The van der Waals surface area contributed by atoms with E-state index in [2.05, 4.69) is 61.5 Å². The summed E-state index contributed by atoms with van der Waals surface area (Å²) in [7, 11) is 0. The second kappa shape index (κ2) is 6.26. The monoisotopic (exact) mass is 392 g/mol. The molecule has 0 aliphatic carbocycles. The summed E-state index contributed by atoms with van der Waals surface area (Å²) < 4.78 is 7.51. The summed E-state index contributed by atoms with van der Waals surface area (Å²) in [6.45, 7) is 2.08. The second-order valence-electron chi connectivity index (χ2n) is 7.19. The molecule has 0 unspecified atom stereocenters. The van der Waals surface area contributed by atoms with E-state index in [1.807, 2.05) is 24.3 Å². The van der Waals surface area contributed by atoms with E-state index in [1.54, 1.807) is 11.3 Å². The zero-order valence-electron chi connectivity index (χ0n) is 15.7. The predicted molar refractivity (Wildman–Crippen MR) is 120 cm³/mol. The molecule has 2 aromatic heterocycles. The zero-order valence-corrected chi connectivity index (χ0v) is 16.5. The molecule has 0 amide bonds. The third kappa shape index (κ3) is 2.64. The summed E-state index contributed by atoms with van der Waals surface area (Å²) in [5.41, 5.74) is 5.86. The lowest BCUT2D eigenvalue weighted by Crippen LogP contribution is -1.82. The van der Waals surface area contributed by atoms with Crippen LogP contribution in [0.15, 0.2) is 83.3 Å². The Balaban J connectivity index is 1.67. The van der Waals surface area contributed by atoms with Crippen LogP contribution < -0.4 is 0 Å². The van der Waals surface area contributed by atoms with E-state index < -0.39 is 0 Å². The summed E-state index contributed by atoms with van der Waals surface area (Å²) in [4.78, 5) is 9.76. The van der Waals surface area contributed by atoms with Crippen LogP contribution in [0.4, 0.5) is 0 Å². The molecule has 0 bridgehead atoms. The van der Waals surface area contributed by atoms with E-state index in [-0.39, 0.29) is 0 Å². The van der Waals surface area contributed by atoms with E-state index in [0.29, 0.717) is 5.89 Å². The smallest absolute Gasteiger partial charge is 0.227 e. The lowest BCUT2D eigenvalue weighted by Gasteiger charge is -2.02. The van der Waals surface area contributed by atoms with Crippen molar-refractivity contribution >= 4 is 43.4 Å². The molecule has 4 heteroatoms.